The van der Waals surface area contributed by atoms with Crippen LogP contribution >= 0.6 is 12.2 Å². The predicted molar refractivity (Wildman–Crippen MR) is 116 cm³/mol. The number of rotatable bonds is 5. The molecule has 0 unspecified atom stereocenters. The minimum atomic E-state index is -0.628. The van der Waals surface area contributed by atoms with Gasteiger partial charge in [-0.05, 0) is 68.4 Å². The monoisotopic (exact) mass is 430 g/mol. The van der Waals surface area contributed by atoms with Crippen molar-refractivity contribution in [3.63, 3.8) is 0 Å². The van der Waals surface area contributed by atoms with Crippen molar-refractivity contribution in [1.82, 2.24) is 5.32 Å². The van der Waals surface area contributed by atoms with Crippen LogP contribution in [0.3, 0.4) is 0 Å². The maximum atomic E-state index is 14.2. The summed E-state index contributed by atoms with van der Waals surface area (Å²) in [7, 11) is 1.30. The van der Waals surface area contributed by atoms with E-state index in [-0.39, 0.29) is 11.6 Å². The van der Waals surface area contributed by atoms with Crippen LogP contribution in [0.1, 0.15) is 31.0 Å². The van der Waals surface area contributed by atoms with Gasteiger partial charge in [-0.1, -0.05) is 12.1 Å². The van der Waals surface area contributed by atoms with Gasteiger partial charge in [0.1, 0.15) is 5.82 Å². The van der Waals surface area contributed by atoms with E-state index in [1.165, 1.54) is 19.2 Å². The van der Waals surface area contributed by atoms with Gasteiger partial charge in [0.25, 0.3) is 0 Å². The Morgan fingerprint density at radius 3 is 2.63 bits per heavy atom. The van der Waals surface area contributed by atoms with Gasteiger partial charge in [-0.25, -0.2) is 9.18 Å². The van der Waals surface area contributed by atoms with Crippen LogP contribution in [0.15, 0.2) is 47.7 Å². The largest absolute Gasteiger partial charge is 0.504 e. The van der Waals surface area contributed by atoms with E-state index in [1.807, 2.05) is 6.92 Å². The number of allylic oxidation sites excluding steroid dienone is 1. The van der Waals surface area contributed by atoms with Gasteiger partial charge in [-0.15, -0.1) is 0 Å². The molecule has 158 valence electrons. The molecule has 0 fully saturated rings. The van der Waals surface area contributed by atoms with Crippen LogP contribution in [0.25, 0.3) is 0 Å². The Morgan fingerprint density at radius 1 is 1.27 bits per heavy atom. The van der Waals surface area contributed by atoms with E-state index in [4.69, 9.17) is 21.7 Å². The average molecular weight is 431 g/mol. The number of nitrogens with one attached hydrogen (secondary N) is 1. The van der Waals surface area contributed by atoms with Crippen LogP contribution in [0.2, 0.25) is 0 Å². The summed E-state index contributed by atoms with van der Waals surface area (Å²) in [5.74, 6) is -0.621. The van der Waals surface area contributed by atoms with Crippen LogP contribution in [-0.2, 0) is 9.53 Å². The van der Waals surface area contributed by atoms with Crippen LogP contribution in [0, 0.1) is 12.7 Å². The number of halogens is 1. The molecule has 2 aromatic carbocycles. The number of aryl methyl sites for hydroxylation is 1. The molecule has 1 aliphatic heterocycles. The second-order valence-electron chi connectivity index (χ2n) is 6.80. The maximum absolute atomic E-state index is 14.2. The molecule has 8 heteroatoms. The van der Waals surface area contributed by atoms with Crippen molar-refractivity contribution in [3.05, 3.63) is 64.6 Å². The molecule has 0 bridgehead atoms. The third kappa shape index (κ3) is 3.95. The summed E-state index contributed by atoms with van der Waals surface area (Å²) in [5.41, 5.74) is 2.50. The molecule has 0 aromatic heterocycles. The normalized spacial score (nSPS) is 16.4. The number of anilines is 1. The van der Waals surface area contributed by atoms with Crippen molar-refractivity contribution in [3.8, 4) is 11.5 Å². The third-order valence-electron chi connectivity index (χ3n) is 4.92. The maximum Gasteiger partial charge on any atom is 0.337 e. The fraction of sp³-hybridized carbons (Fsp3) is 0.273. The summed E-state index contributed by atoms with van der Waals surface area (Å²) in [6.07, 6.45) is 0. The van der Waals surface area contributed by atoms with E-state index in [0.29, 0.717) is 45.6 Å². The van der Waals surface area contributed by atoms with Gasteiger partial charge in [0.2, 0.25) is 0 Å². The molecule has 0 amide bonds. The molecule has 1 atom stereocenters. The summed E-state index contributed by atoms with van der Waals surface area (Å²) in [4.78, 5) is 14.3. The Morgan fingerprint density at radius 2 is 2.00 bits per heavy atom. The molecular weight excluding hydrogens is 407 g/mol. The minimum absolute atomic E-state index is 0.00365. The zero-order valence-electron chi connectivity index (χ0n) is 17.2. The number of esters is 1. The number of aromatic hydroxyl groups is 1. The topological polar surface area (TPSA) is 71.0 Å². The zero-order valence-corrected chi connectivity index (χ0v) is 18.0. The van der Waals surface area contributed by atoms with Crippen molar-refractivity contribution in [1.29, 1.82) is 0 Å². The lowest BCUT2D eigenvalue weighted by Gasteiger charge is -2.37. The van der Waals surface area contributed by atoms with Crippen molar-refractivity contribution < 1.29 is 23.8 Å². The van der Waals surface area contributed by atoms with Gasteiger partial charge < -0.3 is 19.9 Å². The summed E-state index contributed by atoms with van der Waals surface area (Å²) in [5, 5.41) is 13.5. The summed E-state index contributed by atoms with van der Waals surface area (Å²) >= 11 is 5.55. The molecule has 3 rings (SSSR count). The highest BCUT2D eigenvalue weighted by molar-refractivity contribution is 7.80. The molecule has 2 aromatic rings. The highest BCUT2D eigenvalue weighted by Gasteiger charge is 2.35. The molecule has 2 N–H and O–H groups in total. The molecular formula is C22H23FN2O4S. The van der Waals surface area contributed by atoms with Crippen molar-refractivity contribution in [2.45, 2.75) is 26.8 Å². The van der Waals surface area contributed by atoms with Crippen molar-refractivity contribution >= 4 is 29.0 Å². The first-order valence-corrected chi connectivity index (χ1v) is 9.80. The molecule has 6 nitrogen and oxygen atoms in total. The fourth-order valence-electron chi connectivity index (χ4n) is 3.38. The van der Waals surface area contributed by atoms with Gasteiger partial charge in [0.15, 0.2) is 16.6 Å². The number of hydrogen-bond donors (Lipinski definition) is 2. The first kappa shape index (κ1) is 21.6. The number of carbonyl (C=O) groups excluding carboxylic acids is 1. The lowest BCUT2D eigenvalue weighted by atomic mass is 9.94. The number of benzene rings is 2. The van der Waals surface area contributed by atoms with Crippen LogP contribution in [0.5, 0.6) is 11.5 Å². The first-order chi connectivity index (χ1) is 14.3. The van der Waals surface area contributed by atoms with Crippen LogP contribution < -0.4 is 15.0 Å². The molecule has 30 heavy (non-hydrogen) atoms. The lowest BCUT2D eigenvalue weighted by Crippen LogP contribution is -2.48. The van der Waals surface area contributed by atoms with E-state index >= 15 is 0 Å². The molecule has 0 aliphatic carbocycles. The second-order valence-corrected chi connectivity index (χ2v) is 7.19. The third-order valence-corrected chi connectivity index (χ3v) is 5.22. The Hall–Kier alpha value is -3.13. The fourth-order valence-corrected chi connectivity index (χ4v) is 3.74. The Labute approximate surface area is 179 Å². The van der Waals surface area contributed by atoms with Gasteiger partial charge in [-0.2, -0.15) is 0 Å². The standard InChI is InChI=1S/C22H23FN2O4S/c1-5-29-18-10-14(7-9-17(18)26)20-19(21(27)28-4)13(3)25(22(30)24-20)15-8-6-12(2)16(23)11-15/h6-11,20,26H,5H2,1-4H3,(H,24,30)/t20-/m0/s1. The van der Waals surface area contributed by atoms with E-state index in [0.717, 1.165) is 0 Å². The number of thiocarbonyl (C=S) groups is 1. The summed E-state index contributed by atoms with van der Waals surface area (Å²) < 4.78 is 24.6. The highest BCUT2D eigenvalue weighted by atomic mass is 32.1. The number of carbonyl (C=O) groups is 1. The van der Waals surface area contributed by atoms with Gasteiger partial charge in [0.05, 0.1) is 31.0 Å². The van der Waals surface area contributed by atoms with Gasteiger partial charge in [0, 0.05) is 5.70 Å². The highest BCUT2D eigenvalue weighted by Crippen LogP contribution is 2.37. The van der Waals surface area contributed by atoms with Crippen LogP contribution in [0.4, 0.5) is 10.1 Å². The SMILES string of the molecule is CCOc1cc([C@@H]2NC(=S)N(c3ccc(C)c(F)c3)C(C)=C2C(=O)OC)ccc1O. The quantitative estimate of drug-likeness (QED) is 0.546. The van der Waals surface area contributed by atoms with Crippen molar-refractivity contribution in [2.75, 3.05) is 18.6 Å². The van der Waals surface area contributed by atoms with Crippen LogP contribution in [-0.4, -0.2) is 29.9 Å². The number of methoxy groups -OCH3 is 1. The zero-order chi connectivity index (χ0) is 22.0. The molecule has 0 radical (unpaired) electrons. The number of ether oxygens (including phenoxy) is 2. The molecule has 1 aliphatic rings. The first-order valence-electron chi connectivity index (χ1n) is 9.40. The molecule has 0 saturated heterocycles. The van der Waals surface area contributed by atoms with Gasteiger partial charge >= 0.3 is 5.97 Å². The Kier molecular flexibility index (Phi) is 6.26. The van der Waals surface area contributed by atoms with Gasteiger partial charge in [-0.3, -0.25) is 4.90 Å². The van der Waals surface area contributed by atoms with Crippen molar-refractivity contribution in [2.24, 2.45) is 0 Å². The second kappa shape index (κ2) is 8.71. The van der Waals surface area contributed by atoms with E-state index in [2.05, 4.69) is 5.32 Å². The van der Waals surface area contributed by atoms with E-state index in [9.17, 15) is 14.3 Å². The number of hydrogen-bond acceptors (Lipinski definition) is 5. The number of phenols is 1. The average Bonchev–Trinajstić information content (AvgIpc) is 2.71. The molecule has 0 saturated carbocycles. The van der Waals surface area contributed by atoms with E-state index < -0.39 is 12.0 Å². The number of phenolic OH excluding ortho intramolecular Hbond substituents is 1. The minimum Gasteiger partial charge on any atom is -0.504 e. The van der Waals surface area contributed by atoms with E-state index in [1.54, 1.807) is 43.0 Å². The smallest absolute Gasteiger partial charge is 0.337 e. The molecule has 0 spiro atoms. The summed E-state index contributed by atoms with van der Waals surface area (Å²) in [6, 6.07) is 8.95. The number of nitrogens with zero attached hydrogens (tertiary/aromatic N) is 1. The Balaban J connectivity index is 2.14. The summed E-state index contributed by atoms with van der Waals surface area (Å²) in [6.45, 7) is 5.58. The molecule has 1 heterocycles. The Bertz CT molecular complexity index is 1040. The predicted octanol–water partition coefficient (Wildman–Crippen LogP) is 4.12. The lowest BCUT2D eigenvalue weighted by molar-refractivity contribution is -0.136.